The van der Waals surface area contributed by atoms with Crippen molar-refractivity contribution in [2.75, 3.05) is 7.11 Å². The second-order valence-corrected chi connectivity index (χ2v) is 4.24. The van der Waals surface area contributed by atoms with Gasteiger partial charge in [0, 0.05) is 11.8 Å². The molecule has 0 aliphatic rings. The number of halogens is 3. The van der Waals surface area contributed by atoms with Crippen molar-refractivity contribution in [2.24, 2.45) is 0 Å². The predicted molar refractivity (Wildman–Crippen MR) is 65.8 cm³/mol. The van der Waals surface area contributed by atoms with E-state index in [9.17, 15) is 18.3 Å². The van der Waals surface area contributed by atoms with E-state index >= 15 is 0 Å². The molecule has 1 aromatic heterocycles. The molecule has 0 fully saturated rings. The summed E-state index contributed by atoms with van der Waals surface area (Å²) in [6.45, 7) is 1.51. The van der Waals surface area contributed by atoms with Crippen molar-refractivity contribution in [3.05, 3.63) is 41.7 Å². The van der Waals surface area contributed by atoms with Crippen molar-refractivity contribution in [3.63, 3.8) is 0 Å². The molecule has 0 aliphatic carbocycles. The number of methoxy groups -OCH3 is 1. The largest absolute Gasteiger partial charge is 0.496 e. The van der Waals surface area contributed by atoms with E-state index in [2.05, 4.69) is 5.10 Å². The number of rotatable bonds is 3. The summed E-state index contributed by atoms with van der Waals surface area (Å²) in [6.07, 6.45) is -3.74. The fourth-order valence-electron chi connectivity index (χ4n) is 1.93. The van der Waals surface area contributed by atoms with Gasteiger partial charge in [0.2, 0.25) is 0 Å². The Kier molecular flexibility index (Phi) is 3.71. The Morgan fingerprint density at radius 2 is 2.05 bits per heavy atom. The van der Waals surface area contributed by atoms with Crippen LogP contribution in [0.15, 0.2) is 30.6 Å². The van der Waals surface area contributed by atoms with Gasteiger partial charge in [-0.15, -0.1) is 0 Å². The summed E-state index contributed by atoms with van der Waals surface area (Å²) < 4.78 is 44.0. The zero-order chi connectivity index (χ0) is 14.9. The van der Waals surface area contributed by atoms with Gasteiger partial charge in [-0.25, -0.2) is 4.68 Å². The molecule has 0 aliphatic heterocycles. The van der Waals surface area contributed by atoms with Crippen LogP contribution in [-0.2, 0) is 6.18 Å². The summed E-state index contributed by atoms with van der Waals surface area (Å²) in [4.78, 5) is 0. The zero-order valence-corrected chi connectivity index (χ0v) is 10.8. The van der Waals surface area contributed by atoms with Gasteiger partial charge in [0.1, 0.15) is 5.75 Å². The van der Waals surface area contributed by atoms with Crippen LogP contribution in [-0.4, -0.2) is 22.0 Å². The van der Waals surface area contributed by atoms with E-state index < -0.39 is 17.8 Å². The van der Waals surface area contributed by atoms with Crippen LogP contribution in [0.3, 0.4) is 0 Å². The van der Waals surface area contributed by atoms with Crippen molar-refractivity contribution in [2.45, 2.75) is 19.2 Å². The van der Waals surface area contributed by atoms with Crippen molar-refractivity contribution in [3.8, 4) is 11.4 Å². The van der Waals surface area contributed by atoms with Gasteiger partial charge >= 0.3 is 6.18 Å². The molecule has 7 heteroatoms. The topological polar surface area (TPSA) is 47.3 Å². The standard InChI is InChI=1S/C13H13F3N2O2/c1-8(19)12-10(4-3-5-11(12)20-2)18-7-9(6-17-18)13(14,15)16/h3-8,19H,1-2H3. The van der Waals surface area contributed by atoms with E-state index in [0.717, 1.165) is 17.1 Å². The molecule has 0 saturated heterocycles. The lowest BCUT2D eigenvalue weighted by molar-refractivity contribution is -0.137. The van der Waals surface area contributed by atoms with Crippen molar-refractivity contribution in [1.29, 1.82) is 0 Å². The monoisotopic (exact) mass is 286 g/mol. The van der Waals surface area contributed by atoms with Crippen LogP contribution in [0, 0.1) is 0 Å². The second-order valence-electron chi connectivity index (χ2n) is 4.24. The number of aliphatic hydroxyl groups is 1. The summed E-state index contributed by atoms with van der Waals surface area (Å²) in [7, 11) is 1.43. The van der Waals surface area contributed by atoms with E-state index in [4.69, 9.17) is 4.74 Å². The lowest BCUT2D eigenvalue weighted by Gasteiger charge is -2.15. The summed E-state index contributed by atoms with van der Waals surface area (Å²) in [5.74, 6) is 0.390. The van der Waals surface area contributed by atoms with Gasteiger partial charge in [-0.1, -0.05) is 6.07 Å². The minimum Gasteiger partial charge on any atom is -0.496 e. The van der Waals surface area contributed by atoms with E-state index in [1.807, 2.05) is 0 Å². The first-order valence-corrected chi connectivity index (χ1v) is 5.81. The Morgan fingerprint density at radius 1 is 1.35 bits per heavy atom. The highest BCUT2D eigenvalue weighted by atomic mass is 19.4. The number of nitrogens with zero attached hydrogens (tertiary/aromatic N) is 2. The van der Waals surface area contributed by atoms with Crippen LogP contribution in [0.4, 0.5) is 13.2 Å². The highest BCUT2D eigenvalue weighted by molar-refractivity contribution is 5.50. The number of hydrogen-bond donors (Lipinski definition) is 1. The maximum absolute atomic E-state index is 12.6. The molecule has 1 heterocycles. The SMILES string of the molecule is COc1cccc(-n2cc(C(F)(F)F)cn2)c1C(C)O. The molecule has 0 spiro atoms. The third-order valence-corrected chi connectivity index (χ3v) is 2.84. The molecule has 1 unspecified atom stereocenters. The molecular formula is C13H13F3N2O2. The molecule has 0 saturated carbocycles. The molecule has 0 radical (unpaired) electrons. The minimum absolute atomic E-state index is 0.342. The van der Waals surface area contributed by atoms with Crippen molar-refractivity contribution < 1.29 is 23.0 Å². The van der Waals surface area contributed by atoms with Gasteiger partial charge in [0.25, 0.3) is 0 Å². The molecule has 108 valence electrons. The second kappa shape index (κ2) is 5.16. The average Bonchev–Trinajstić information content (AvgIpc) is 2.86. The van der Waals surface area contributed by atoms with E-state index in [-0.39, 0.29) is 0 Å². The van der Waals surface area contributed by atoms with Gasteiger partial charge in [-0.3, -0.25) is 0 Å². The molecule has 2 aromatic rings. The molecule has 1 atom stereocenters. The van der Waals surface area contributed by atoms with E-state index in [0.29, 0.717) is 17.0 Å². The number of hydrogen-bond acceptors (Lipinski definition) is 3. The number of alkyl halides is 3. The third kappa shape index (κ3) is 2.62. The van der Waals surface area contributed by atoms with E-state index in [1.165, 1.54) is 14.0 Å². The van der Waals surface area contributed by atoms with Crippen molar-refractivity contribution in [1.82, 2.24) is 9.78 Å². The van der Waals surface area contributed by atoms with Crippen LogP contribution in [0.5, 0.6) is 5.75 Å². The highest BCUT2D eigenvalue weighted by Gasteiger charge is 2.32. The summed E-state index contributed by atoms with van der Waals surface area (Å²) >= 11 is 0. The quantitative estimate of drug-likeness (QED) is 0.943. The first kappa shape index (κ1) is 14.4. The Balaban J connectivity index is 2.55. The summed E-state index contributed by atoms with van der Waals surface area (Å²) in [5, 5.41) is 13.5. The van der Waals surface area contributed by atoms with Crippen LogP contribution >= 0.6 is 0 Å². The average molecular weight is 286 g/mol. The Labute approximate surface area is 113 Å². The first-order valence-electron chi connectivity index (χ1n) is 5.81. The maximum Gasteiger partial charge on any atom is 0.419 e. The normalized spacial score (nSPS) is 13.3. The van der Waals surface area contributed by atoms with Gasteiger partial charge in [-0.05, 0) is 19.1 Å². The molecule has 1 aromatic carbocycles. The molecule has 0 amide bonds. The molecule has 0 bridgehead atoms. The minimum atomic E-state index is -4.46. The van der Waals surface area contributed by atoms with Crippen molar-refractivity contribution >= 4 is 0 Å². The molecule has 4 nitrogen and oxygen atoms in total. The van der Waals surface area contributed by atoms with Crippen LogP contribution in [0.2, 0.25) is 0 Å². The number of benzene rings is 1. The zero-order valence-electron chi connectivity index (χ0n) is 10.8. The lowest BCUT2D eigenvalue weighted by atomic mass is 10.1. The van der Waals surface area contributed by atoms with Gasteiger partial charge in [0.15, 0.2) is 0 Å². The maximum atomic E-state index is 12.6. The Morgan fingerprint density at radius 3 is 2.55 bits per heavy atom. The fourth-order valence-corrected chi connectivity index (χ4v) is 1.93. The predicted octanol–water partition coefficient (Wildman–Crippen LogP) is 2.95. The number of ether oxygens (including phenoxy) is 1. The Bertz CT molecular complexity index is 606. The number of aromatic nitrogens is 2. The van der Waals surface area contributed by atoms with Crippen LogP contribution in [0.1, 0.15) is 24.2 Å². The lowest BCUT2D eigenvalue weighted by Crippen LogP contribution is -2.06. The van der Waals surface area contributed by atoms with Gasteiger partial charge in [-0.2, -0.15) is 18.3 Å². The number of aliphatic hydroxyl groups excluding tert-OH is 1. The molecular weight excluding hydrogens is 273 g/mol. The van der Waals surface area contributed by atoms with Crippen LogP contribution in [0.25, 0.3) is 5.69 Å². The Hall–Kier alpha value is -2.02. The van der Waals surface area contributed by atoms with E-state index in [1.54, 1.807) is 18.2 Å². The molecule has 2 rings (SSSR count). The smallest absolute Gasteiger partial charge is 0.419 e. The van der Waals surface area contributed by atoms with Gasteiger partial charge < -0.3 is 9.84 Å². The van der Waals surface area contributed by atoms with Crippen LogP contribution < -0.4 is 4.74 Å². The highest BCUT2D eigenvalue weighted by Crippen LogP contribution is 2.33. The fraction of sp³-hybridized carbons (Fsp3) is 0.308. The summed E-state index contributed by atoms with van der Waals surface area (Å²) in [5.41, 5.74) is -0.126. The first-order chi connectivity index (χ1) is 9.34. The molecule has 20 heavy (non-hydrogen) atoms. The van der Waals surface area contributed by atoms with Gasteiger partial charge in [0.05, 0.1) is 30.7 Å². The summed E-state index contributed by atoms with van der Waals surface area (Å²) in [6, 6.07) is 4.81. The third-order valence-electron chi connectivity index (χ3n) is 2.84. The molecule has 1 N–H and O–H groups in total.